The zero-order chi connectivity index (χ0) is 15.3. The molecule has 21 heavy (non-hydrogen) atoms. The molecule has 0 saturated heterocycles. The van der Waals surface area contributed by atoms with E-state index >= 15 is 0 Å². The third-order valence-electron chi connectivity index (χ3n) is 5.95. The van der Waals surface area contributed by atoms with Crippen LogP contribution in [0.3, 0.4) is 0 Å². The van der Waals surface area contributed by atoms with E-state index in [1.807, 2.05) is 6.07 Å². The summed E-state index contributed by atoms with van der Waals surface area (Å²) >= 11 is 0. The lowest BCUT2D eigenvalue weighted by molar-refractivity contribution is 0.107. The molecule has 2 aliphatic rings. The maximum absolute atomic E-state index is 14.0. The van der Waals surface area contributed by atoms with Crippen molar-refractivity contribution in [3.8, 4) is 6.07 Å². The second-order valence-electron chi connectivity index (χ2n) is 7.65. The molecule has 2 saturated carbocycles. The summed E-state index contributed by atoms with van der Waals surface area (Å²) in [5.74, 6) is 0.499. The van der Waals surface area contributed by atoms with E-state index in [0.29, 0.717) is 29.1 Å². The van der Waals surface area contributed by atoms with Gasteiger partial charge < -0.3 is 5.32 Å². The molecule has 2 aliphatic carbocycles. The van der Waals surface area contributed by atoms with Crippen LogP contribution in [-0.4, -0.2) is 6.04 Å². The Kier molecular flexibility index (Phi) is 3.33. The highest BCUT2D eigenvalue weighted by Gasteiger charge is 2.58. The second-order valence-corrected chi connectivity index (χ2v) is 7.65. The summed E-state index contributed by atoms with van der Waals surface area (Å²) < 4.78 is 14.0. The SMILES string of the molecule is CC12CCC(C1)C(C)(C)C2NCc1ccc(C#N)cc1F. The van der Waals surface area contributed by atoms with Crippen molar-refractivity contribution in [1.82, 2.24) is 5.32 Å². The number of nitrogens with zero attached hydrogens (tertiary/aromatic N) is 1. The van der Waals surface area contributed by atoms with Gasteiger partial charge in [0.2, 0.25) is 0 Å². The largest absolute Gasteiger partial charge is 0.309 e. The minimum atomic E-state index is -0.285. The predicted octanol–water partition coefficient (Wildman–Crippen LogP) is 4.00. The van der Waals surface area contributed by atoms with Crippen molar-refractivity contribution >= 4 is 0 Å². The van der Waals surface area contributed by atoms with Gasteiger partial charge in [-0.2, -0.15) is 5.26 Å². The highest BCUT2D eigenvalue weighted by atomic mass is 19.1. The Morgan fingerprint density at radius 1 is 1.38 bits per heavy atom. The van der Waals surface area contributed by atoms with Crippen molar-refractivity contribution in [2.45, 2.75) is 52.6 Å². The molecule has 3 atom stereocenters. The van der Waals surface area contributed by atoms with E-state index in [1.165, 1.54) is 25.3 Å². The first-order chi connectivity index (χ1) is 9.87. The molecule has 2 nitrogen and oxygen atoms in total. The third-order valence-corrected chi connectivity index (χ3v) is 5.95. The molecule has 112 valence electrons. The van der Waals surface area contributed by atoms with Crippen LogP contribution in [0, 0.1) is 33.9 Å². The van der Waals surface area contributed by atoms with E-state index in [1.54, 1.807) is 12.1 Å². The zero-order valence-electron chi connectivity index (χ0n) is 13.0. The number of nitrogens with one attached hydrogen (secondary N) is 1. The van der Waals surface area contributed by atoms with E-state index < -0.39 is 0 Å². The lowest BCUT2D eigenvalue weighted by Crippen LogP contribution is -2.50. The molecular formula is C18H23FN2. The summed E-state index contributed by atoms with van der Waals surface area (Å²) in [6, 6.07) is 7.14. The first-order valence-electron chi connectivity index (χ1n) is 7.79. The van der Waals surface area contributed by atoms with Crippen LogP contribution in [-0.2, 0) is 6.54 Å². The summed E-state index contributed by atoms with van der Waals surface area (Å²) in [5.41, 5.74) is 1.65. The molecule has 3 unspecified atom stereocenters. The standard InChI is InChI=1S/C18H23FN2/c1-17(2)14-6-7-18(3,9-14)16(17)21-11-13-5-4-12(10-20)8-15(13)19/h4-5,8,14,16,21H,6-7,9,11H2,1-3H3. The summed E-state index contributed by atoms with van der Waals surface area (Å²) in [4.78, 5) is 0. The number of rotatable bonds is 3. The van der Waals surface area contributed by atoms with Gasteiger partial charge in [0.05, 0.1) is 11.6 Å². The molecule has 0 spiro atoms. The van der Waals surface area contributed by atoms with Crippen LogP contribution >= 0.6 is 0 Å². The normalized spacial score (nSPS) is 33.1. The molecule has 3 rings (SSSR count). The predicted molar refractivity (Wildman–Crippen MR) is 81.0 cm³/mol. The molecule has 0 radical (unpaired) electrons. The molecule has 3 heteroatoms. The lowest BCUT2D eigenvalue weighted by atomic mass is 9.68. The van der Waals surface area contributed by atoms with Crippen molar-refractivity contribution in [1.29, 1.82) is 5.26 Å². The Morgan fingerprint density at radius 3 is 2.71 bits per heavy atom. The quantitative estimate of drug-likeness (QED) is 0.911. The smallest absolute Gasteiger partial charge is 0.129 e. The molecule has 0 amide bonds. The molecule has 1 N–H and O–H groups in total. The van der Waals surface area contributed by atoms with Gasteiger partial charge in [0.1, 0.15) is 5.82 Å². The summed E-state index contributed by atoms with van der Waals surface area (Å²) in [7, 11) is 0. The first-order valence-corrected chi connectivity index (χ1v) is 7.79. The highest BCUT2D eigenvalue weighted by Crippen LogP contribution is 2.62. The number of hydrogen-bond acceptors (Lipinski definition) is 2. The first kappa shape index (κ1) is 14.5. The van der Waals surface area contributed by atoms with E-state index in [0.717, 1.165) is 5.92 Å². The van der Waals surface area contributed by atoms with Crippen LogP contribution in [0.15, 0.2) is 18.2 Å². The average Bonchev–Trinajstić information content (AvgIpc) is 2.91. The van der Waals surface area contributed by atoms with Gasteiger partial charge in [-0.25, -0.2) is 4.39 Å². The van der Waals surface area contributed by atoms with Gasteiger partial charge in [0.25, 0.3) is 0 Å². The van der Waals surface area contributed by atoms with Crippen LogP contribution in [0.4, 0.5) is 4.39 Å². The Balaban J connectivity index is 1.75. The summed E-state index contributed by atoms with van der Waals surface area (Å²) in [5, 5.41) is 12.4. The number of hydrogen-bond donors (Lipinski definition) is 1. The van der Waals surface area contributed by atoms with Gasteiger partial charge in [-0.05, 0) is 48.1 Å². The van der Waals surface area contributed by atoms with Gasteiger partial charge in [-0.15, -0.1) is 0 Å². The number of benzene rings is 1. The molecule has 0 aliphatic heterocycles. The Hall–Kier alpha value is -1.40. The topological polar surface area (TPSA) is 35.8 Å². The van der Waals surface area contributed by atoms with Gasteiger partial charge in [-0.1, -0.05) is 26.8 Å². The minimum Gasteiger partial charge on any atom is -0.309 e. The average molecular weight is 286 g/mol. The van der Waals surface area contributed by atoms with E-state index in [-0.39, 0.29) is 11.2 Å². The fourth-order valence-corrected chi connectivity index (χ4v) is 4.78. The molecule has 1 aromatic carbocycles. The zero-order valence-corrected chi connectivity index (χ0v) is 13.0. The monoisotopic (exact) mass is 286 g/mol. The molecule has 2 fully saturated rings. The third kappa shape index (κ3) is 2.26. The van der Waals surface area contributed by atoms with Gasteiger partial charge in [0, 0.05) is 18.2 Å². The number of nitriles is 1. The molecule has 0 heterocycles. The fourth-order valence-electron chi connectivity index (χ4n) is 4.78. The highest BCUT2D eigenvalue weighted by molar-refractivity contribution is 5.33. The van der Waals surface area contributed by atoms with Crippen LogP contribution in [0.25, 0.3) is 0 Å². The van der Waals surface area contributed by atoms with Crippen LogP contribution in [0.5, 0.6) is 0 Å². The van der Waals surface area contributed by atoms with Gasteiger partial charge >= 0.3 is 0 Å². The maximum atomic E-state index is 14.0. The van der Waals surface area contributed by atoms with Crippen LogP contribution < -0.4 is 5.32 Å². The maximum Gasteiger partial charge on any atom is 0.129 e. The van der Waals surface area contributed by atoms with Crippen molar-refractivity contribution in [2.75, 3.05) is 0 Å². The number of halogens is 1. The van der Waals surface area contributed by atoms with Crippen LogP contribution in [0.2, 0.25) is 0 Å². The van der Waals surface area contributed by atoms with Crippen LogP contribution in [0.1, 0.15) is 51.2 Å². The van der Waals surface area contributed by atoms with Gasteiger partial charge in [0.15, 0.2) is 0 Å². The van der Waals surface area contributed by atoms with E-state index in [9.17, 15) is 4.39 Å². The van der Waals surface area contributed by atoms with Crippen molar-refractivity contribution in [2.24, 2.45) is 16.7 Å². The Morgan fingerprint density at radius 2 is 2.14 bits per heavy atom. The second kappa shape index (κ2) is 4.81. The molecular weight excluding hydrogens is 263 g/mol. The molecule has 0 aromatic heterocycles. The molecule has 2 bridgehead atoms. The van der Waals surface area contributed by atoms with E-state index in [2.05, 4.69) is 26.1 Å². The van der Waals surface area contributed by atoms with Crippen molar-refractivity contribution in [3.63, 3.8) is 0 Å². The summed E-state index contributed by atoms with van der Waals surface area (Å²) in [6.45, 7) is 7.59. The van der Waals surface area contributed by atoms with Crippen molar-refractivity contribution < 1.29 is 4.39 Å². The minimum absolute atomic E-state index is 0.274. The Bertz CT molecular complexity index is 597. The van der Waals surface area contributed by atoms with Gasteiger partial charge in [-0.3, -0.25) is 0 Å². The molecule has 1 aromatic rings. The lowest BCUT2D eigenvalue weighted by Gasteiger charge is -2.43. The van der Waals surface area contributed by atoms with Crippen molar-refractivity contribution in [3.05, 3.63) is 35.1 Å². The Labute approximate surface area is 126 Å². The fraction of sp³-hybridized carbons (Fsp3) is 0.611. The summed E-state index contributed by atoms with van der Waals surface area (Å²) in [6.07, 6.45) is 3.88. The van der Waals surface area contributed by atoms with E-state index in [4.69, 9.17) is 5.26 Å². The number of fused-ring (bicyclic) bond motifs is 2.